The van der Waals surface area contributed by atoms with Crippen LogP contribution in [0.5, 0.6) is 0 Å². The number of fused-ring (bicyclic) bond motifs is 3. The van der Waals surface area contributed by atoms with Gasteiger partial charge in [0, 0.05) is 66.7 Å². The first-order valence-electron chi connectivity index (χ1n) is 11.4. The van der Waals surface area contributed by atoms with Gasteiger partial charge in [0.15, 0.2) is 0 Å². The number of benzene rings is 1. The zero-order valence-electron chi connectivity index (χ0n) is 18.9. The van der Waals surface area contributed by atoms with Gasteiger partial charge in [0.2, 0.25) is 0 Å². The van der Waals surface area contributed by atoms with E-state index in [1.165, 1.54) is 46.6 Å². The molecule has 0 bridgehead atoms. The maximum absolute atomic E-state index is 9.58. The van der Waals surface area contributed by atoms with Gasteiger partial charge in [-0.15, -0.1) is 0 Å². The summed E-state index contributed by atoms with van der Waals surface area (Å²) < 4.78 is 6.93. The van der Waals surface area contributed by atoms with E-state index < -0.39 is 0 Å². The van der Waals surface area contributed by atoms with Crippen LogP contribution in [0.2, 0.25) is 0 Å². The first-order valence-corrected chi connectivity index (χ1v) is 11.4. The van der Waals surface area contributed by atoms with Crippen LogP contribution in [-0.4, -0.2) is 51.8 Å². The number of ether oxygens (including phenoxy) is 1. The number of carbonyl (C=O) groups is 1. The number of aryl methyl sites for hydroxylation is 1. The lowest BCUT2D eigenvalue weighted by molar-refractivity contribution is -0.111. The van der Waals surface area contributed by atoms with E-state index in [2.05, 4.69) is 63.3 Å². The van der Waals surface area contributed by atoms with Crippen molar-refractivity contribution >= 4 is 33.9 Å². The fraction of sp³-hybridized carbons (Fsp3) is 0.346. The van der Waals surface area contributed by atoms with Crippen LogP contribution in [0.15, 0.2) is 55.0 Å². The third kappa shape index (κ3) is 5.38. The van der Waals surface area contributed by atoms with Gasteiger partial charge in [0.25, 0.3) is 0 Å². The summed E-state index contributed by atoms with van der Waals surface area (Å²) in [7, 11) is 2.11. The lowest BCUT2D eigenvalue weighted by Gasteiger charge is -2.26. The van der Waals surface area contributed by atoms with Crippen LogP contribution in [0.25, 0.3) is 32.9 Å². The molecule has 0 amide bonds. The summed E-state index contributed by atoms with van der Waals surface area (Å²) in [5.74, 6) is 0.977. The van der Waals surface area contributed by atoms with Crippen molar-refractivity contribution in [3.8, 4) is 11.1 Å². The van der Waals surface area contributed by atoms with E-state index in [1.807, 2.05) is 18.6 Å². The van der Waals surface area contributed by atoms with Crippen LogP contribution in [0.3, 0.4) is 0 Å². The standard InChI is InChI=1S/C21H20N4.C5H10O3/c1-25-19-9-10-22-13-18(19)17-7-5-14(11-20(17)25)15-6-8-21(23-12-15)24-16-3-2-4-16;6-2-1-4-8-5-3-7/h5-13,16H,2-4H2,1H3,(H,23,24);3,6H,1-2,4-5H2. The number of hydrogen-bond acceptors (Lipinski definition) is 6. The molecule has 1 fully saturated rings. The minimum Gasteiger partial charge on any atom is -0.396 e. The monoisotopic (exact) mass is 446 g/mol. The largest absolute Gasteiger partial charge is 0.396 e. The Morgan fingerprint density at radius 3 is 2.67 bits per heavy atom. The molecule has 7 heteroatoms. The van der Waals surface area contributed by atoms with E-state index in [1.54, 1.807) is 0 Å². The second-order valence-electron chi connectivity index (χ2n) is 8.21. The van der Waals surface area contributed by atoms with Crippen LogP contribution >= 0.6 is 0 Å². The van der Waals surface area contributed by atoms with Crippen LogP contribution in [0, 0.1) is 0 Å². The zero-order chi connectivity index (χ0) is 23.0. The van der Waals surface area contributed by atoms with Gasteiger partial charge < -0.3 is 24.5 Å². The molecule has 1 saturated carbocycles. The molecule has 0 spiro atoms. The van der Waals surface area contributed by atoms with Crippen molar-refractivity contribution in [3.63, 3.8) is 0 Å². The fourth-order valence-electron chi connectivity index (χ4n) is 3.94. The Labute approximate surface area is 193 Å². The molecule has 172 valence electrons. The Kier molecular flexibility index (Phi) is 7.65. The van der Waals surface area contributed by atoms with Crippen LogP contribution < -0.4 is 5.32 Å². The third-order valence-corrected chi connectivity index (χ3v) is 6.00. The SMILES string of the molecule is Cn1c2ccncc2c2ccc(-c3ccc(NC4CCC4)nc3)cc21.O=CCOCCCO. The minimum absolute atomic E-state index is 0.124. The number of aromatic nitrogens is 3. The van der Waals surface area contributed by atoms with E-state index in [4.69, 9.17) is 9.84 Å². The number of aliphatic hydroxyl groups excluding tert-OH is 1. The summed E-state index contributed by atoms with van der Waals surface area (Å²) in [5, 5.41) is 14.1. The molecule has 0 radical (unpaired) electrons. The first-order chi connectivity index (χ1) is 16.2. The molecule has 4 aromatic rings. The topological polar surface area (TPSA) is 89.3 Å². The minimum atomic E-state index is 0.124. The van der Waals surface area contributed by atoms with E-state index in [0.717, 1.165) is 11.4 Å². The lowest BCUT2D eigenvalue weighted by atomic mass is 9.93. The second kappa shape index (κ2) is 11.0. The highest BCUT2D eigenvalue weighted by Gasteiger charge is 2.17. The summed E-state index contributed by atoms with van der Waals surface area (Å²) in [6.07, 6.45) is 10.9. The van der Waals surface area contributed by atoms with Crippen molar-refractivity contribution in [2.24, 2.45) is 7.05 Å². The maximum atomic E-state index is 9.58. The van der Waals surface area contributed by atoms with Crippen molar-refractivity contribution in [1.29, 1.82) is 0 Å². The Morgan fingerprint density at radius 1 is 1.12 bits per heavy atom. The van der Waals surface area contributed by atoms with E-state index in [0.29, 0.717) is 25.4 Å². The lowest BCUT2D eigenvalue weighted by Crippen LogP contribution is -2.27. The number of rotatable bonds is 8. The van der Waals surface area contributed by atoms with Crippen molar-refractivity contribution < 1.29 is 14.6 Å². The quantitative estimate of drug-likeness (QED) is 0.309. The van der Waals surface area contributed by atoms with E-state index >= 15 is 0 Å². The molecular weight excluding hydrogens is 416 g/mol. The Balaban J connectivity index is 0.000000281. The normalized spacial score (nSPS) is 13.4. The summed E-state index contributed by atoms with van der Waals surface area (Å²) in [6.45, 7) is 0.730. The molecule has 0 atom stereocenters. The van der Waals surface area contributed by atoms with E-state index in [9.17, 15) is 4.79 Å². The van der Waals surface area contributed by atoms with Gasteiger partial charge >= 0.3 is 0 Å². The molecule has 0 aliphatic heterocycles. The van der Waals surface area contributed by atoms with Crippen LogP contribution in [0.1, 0.15) is 25.7 Å². The van der Waals surface area contributed by atoms with Gasteiger partial charge in [0.05, 0.1) is 5.52 Å². The first kappa shape index (κ1) is 22.9. The molecule has 1 aliphatic rings. The summed E-state index contributed by atoms with van der Waals surface area (Å²) in [6, 6.07) is 13.5. The average molecular weight is 447 g/mol. The zero-order valence-corrected chi connectivity index (χ0v) is 18.9. The average Bonchev–Trinajstić information content (AvgIpc) is 3.12. The summed E-state index contributed by atoms with van der Waals surface area (Å²) in [5.41, 5.74) is 4.76. The predicted molar refractivity (Wildman–Crippen MR) is 131 cm³/mol. The number of pyridine rings is 2. The number of carbonyl (C=O) groups excluding carboxylic acids is 1. The smallest absolute Gasteiger partial charge is 0.145 e. The molecule has 1 aliphatic carbocycles. The highest BCUT2D eigenvalue weighted by Crippen LogP contribution is 2.31. The third-order valence-electron chi connectivity index (χ3n) is 6.00. The van der Waals surface area contributed by atoms with Gasteiger partial charge in [-0.3, -0.25) is 4.98 Å². The van der Waals surface area contributed by atoms with Crippen molar-refractivity contribution in [2.45, 2.75) is 31.7 Å². The van der Waals surface area contributed by atoms with Crippen molar-refractivity contribution in [1.82, 2.24) is 14.5 Å². The van der Waals surface area contributed by atoms with Gasteiger partial charge in [-0.25, -0.2) is 4.98 Å². The maximum Gasteiger partial charge on any atom is 0.145 e. The highest BCUT2D eigenvalue weighted by atomic mass is 16.5. The Morgan fingerprint density at radius 2 is 1.97 bits per heavy atom. The Hall–Kier alpha value is -3.29. The molecule has 2 N–H and O–H groups in total. The molecule has 33 heavy (non-hydrogen) atoms. The Bertz CT molecular complexity index is 1200. The van der Waals surface area contributed by atoms with Gasteiger partial charge in [-0.1, -0.05) is 12.1 Å². The van der Waals surface area contributed by atoms with Crippen molar-refractivity contribution in [3.05, 3.63) is 55.0 Å². The number of aldehydes is 1. The number of nitrogens with one attached hydrogen (secondary N) is 1. The second-order valence-corrected chi connectivity index (χ2v) is 8.21. The highest BCUT2D eigenvalue weighted by molar-refractivity contribution is 6.08. The van der Waals surface area contributed by atoms with Crippen LogP contribution in [0.4, 0.5) is 5.82 Å². The summed E-state index contributed by atoms with van der Waals surface area (Å²) >= 11 is 0. The van der Waals surface area contributed by atoms with E-state index in [-0.39, 0.29) is 13.2 Å². The number of aliphatic hydroxyl groups is 1. The molecule has 7 nitrogen and oxygen atoms in total. The molecule has 0 saturated heterocycles. The molecule has 3 heterocycles. The number of hydrogen-bond donors (Lipinski definition) is 2. The summed E-state index contributed by atoms with van der Waals surface area (Å²) in [4.78, 5) is 18.4. The molecular formula is C26H30N4O3. The molecule has 0 unspecified atom stereocenters. The predicted octanol–water partition coefficient (Wildman–Crippen LogP) is 4.34. The molecule has 1 aromatic carbocycles. The van der Waals surface area contributed by atoms with Gasteiger partial charge in [-0.2, -0.15) is 0 Å². The number of nitrogens with zero attached hydrogens (tertiary/aromatic N) is 3. The fourth-order valence-corrected chi connectivity index (χ4v) is 3.94. The van der Waals surface area contributed by atoms with Crippen LogP contribution in [-0.2, 0) is 16.6 Å². The number of anilines is 1. The molecule has 3 aromatic heterocycles. The molecule has 5 rings (SSSR count). The van der Waals surface area contributed by atoms with Crippen molar-refractivity contribution in [2.75, 3.05) is 25.1 Å². The van der Waals surface area contributed by atoms with Gasteiger partial charge in [-0.05, 0) is 55.5 Å². The van der Waals surface area contributed by atoms with Gasteiger partial charge in [0.1, 0.15) is 18.7 Å².